The van der Waals surface area contributed by atoms with Crippen LogP contribution in [-0.4, -0.2) is 8.07 Å². The Bertz CT molecular complexity index is 1210. The molecule has 1 saturated carbocycles. The molecule has 3 aromatic carbocycles. The number of halogens is 3. The molecule has 2 aliphatic carbocycles. The van der Waals surface area contributed by atoms with E-state index in [1.807, 2.05) is 0 Å². The van der Waals surface area contributed by atoms with Gasteiger partial charge in [0.2, 0.25) is 0 Å². The van der Waals surface area contributed by atoms with Gasteiger partial charge in [0, 0.05) is 0 Å². The van der Waals surface area contributed by atoms with E-state index in [2.05, 4.69) is 127 Å². The zero-order valence-electron chi connectivity index (χ0n) is 27.4. The van der Waals surface area contributed by atoms with Gasteiger partial charge in [-0.25, -0.2) is 0 Å². The molecule has 44 heavy (non-hydrogen) atoms. The molecule has 0 bridgehead atoms. The van der Waals surface area contributed by atoms with Crippen molar-refractivity contribution in [1.82, 2.24) is 0 Å². The van der Waals surface area contributed by atoms with Gasteiger partial charge >= 0.3 is 21.7 Å². The molecular weight excluding hydrogens is 651 g/mol. The molecule has 0 saturated heterocycles. The van der Waals surface area contributed by atoms with Crippen molar-refractivity contribution in [2.24, 2.45) is 11.8 Å². The van der Waals surface area contributed by atoms with E-state index in [1.165, 1.54) is 39.8 Å². The Morgan fingerprint density at radius 3 is 1.16 bits per heavy atom. The Morgan fingerprint density at radius 2 is 0.841 bits per heavy atom. The molecular formula is C39H49Cl3SiTi. The van der Waals surface area contributed by atoms with E-state index in [1.54, 1.807) is 15.6 Å². The summed E-state index contributed by atoms with van der Waals surface area (Å²) in [4.78, 5) is 0. The molecule has 2 aliphatic rings. The molecule has 5 heteroatoms. The average Bonchev–Trinajstić information content (AvgIpc) is 3.45. The van der Waals surface area contributed by atoms with Crippen LogP contribution >= 0.6 is 0 Å². The zero-order valence-corrected chi connectivity index (χ0v) is 32.2. The van der Waals surface area contributed by atoms with E-state index >= 15 is 0 Å². The summed E-state index contributed by atoms with van der Waals surface area (Å²) >= 11 is 0. The van der Waals surface area contributed by atoms with Gasteiger partial charge in [-0.05, 0) is 83.7 Å². The predicted molar refractivity (Wildman–Crippen MR) is 178 cm³/mol. The second-order valence-electron chi connectivity index (χ2n) is 12.1. The van der Waals surface area contributed by atoms with Crippen LogP contribution in [0.25, 0.3) is 0 Å². The first-order valence-corrected chi connectivity index (χ1v) is 18.2. The van der Waals surface area contributed by atoms with Crippen molar-refractivity contribution < 1.29 is 58.9 Å². The SMILES string of the molecule is CCc1cc(CC)cc([Si](c2cc(CC)cc(CC)c2)(c2cc(CC)cc(CC)c2)C2[CH-]CC3C=CC=CC32)c1.[Cl-].[Cl-].[Cl-].[Ti+4]. The number of allylic oxidation sites excluding steroid dienone is 4. The fraction of sp³-hybridized carbons (Fsp3) is 0.410. The van der Waals surface area contributed by atoms with Crippen LogP contribution in [0.3, 0.4) is 0 Å². The monoisotopic (exact) mass is 698 g/mol. The van der Waals surface area contributed by atoms with Gasteiger partial charge in [-0.3, -0.25) is 0 Å². The molecule has 5 rings (SSSR count). The van der Waals surface area contributed by atoms with Gasteiger partial charge in [0.05, 0.1) is 0 Å². The van der Waals surface area contributed by atoms with Crippen LogP contribution in [0, 0.1) is 18.3 Å². The molecule has 0 aliphatic heterocycles. The van der Waals surface area contributed by atoms with Crippen LogP contribution < -0.4 is 52.8 Å². The first-order valence-electron chi connectivity index (χ1n) is 16.1. The fourth-order valence-electron chi connectivity index (χ4n) is 7.49. The van der Waals surface area contributed by atoms with Gasteiger partial charge in [0.25, 0.3) is 0 Å². The maximum absolute atomic E-state index is 2.76. The topological polar surface area (TPSA) is 0 Å². The maximum atomic E-state index is 2.76. The van der Waals surface area contributed by atoms with Gasteiger partial charge in [-0.2, -0.15) is 12.0 Å². The van der Waals surface area contributed by atoms with Crippen molar-refractivity contribution in [3.8, 4) is 0 Å². The average molecular weight is 700 g/mol. The van der Waals surface area contributed by atoms with Crippen molar-refractivity contribution in [1.29, 1.82) is 0 Å². The van der Waals surface area contributed by atoms with Crippen LogP contribution in [0.2, 0.25) is 5.54 Å². The minimum atomic E-state index is -2.53. The van der Waals surface area contributed by atoms with E-state index < -0.39 is 8.07 Å². The van der Waals surface area contributed by atoms with Crippen molar-refractivity contribution in [3.05, 3.63) is 119 Å². The van der Waals surface area contributed by atoms with Gasteiger partial charge in [0.15, 0.2) is 0 Å². The smallest absolute Gasteiger partial charge is 1.00 e. The summed E-state index contributed by atoms with van der Waals surface area (Å²) in [6.07, 6.45) is 20.1. The number of rotatable bonds is 10. The summed E-state index contributed by atoms with van der Waals surface area (Å²) in [5.74, 6) is 1.17. The standard InChI is InChI=1S/C39H49Si.3ClH.Ti/c1-7-28-19-29(8-2)23-35(22-28)40(36-24-30(9-3)20-31(10-4)25-36,37-26-32(11-5)21-33(12-6)27-37)39-18-17-34-15-13-14-16-38(34)39;;;;/h13-16,18-27,34,38-39H,7-12,17H2,1-6H3;3*1H;/q-1;;;;+4/p-3. The predicted octanol–water partition coefficient (Wildman–Crippen LogP) is -1.12. The molecule has 0 N–H and O–H groups in total. The van der Waals surface area contributed by atoms with E-state index in [-0.39, 0.29) is 58.9 Å². The van der Waals surface area contributed by atoms with E-state index in [0.29, 0.717) is 17.4 Å². The summed E-state index contributed by atoms with van der Waals surface area (Å²) < 4.78 is 0. The van der Waals surface area contributed by atoms with E-state index in [9.17, 15) is 0 Å². The van der Waals surface area contributed by atoms with Crippen molar-refractivity contribution in [2.45, 2.75) is 92.0 Å². The number of aryl methyl sites for hydroxylation is 6. The Hall–Kier alpha value is -1.06. The molecule has 3 atom stereocenters. The Kier molecular flexibility index (Phi) is 17.1. The van der Waals surface area contributed by atoms with Crippen LogP contribution in [0.15, 0.2) is 78.9 Å². The van der Waals surface area contributed by atoms with Gasteiger partial charge in [-0.15, -0.1) is 0 Å². The summed E-state index contributed by atoms with van der Waals surface area (Å²) in [6.45, 7) is 14.0. The van der Waals surface area contributed by atoms with Crippen molar-refractivity contribution >= 4 is 23.6 Å². The van der Waals surface area contributed by atoms with E-state index in [4.69, 9.17) is 0 Å². The molecule has 0 aromatic heterocycles. The Labute approximate surface area is 303 Å². The number of hydrogen-bond acceptors (Lipinski definition) is 0. The molecule has 3 unspecified atom stereocenters. The summed E-state index contributed by atoms with van der Waals surface area (Å²) in [5, 5.41) is 4.87. The van der Waals surface area contributed by atoms with Gasteiger partial charge < -0.3 is 43.6 Å². The van der Waals surface area contributed by atoms with Crippen molar-refractivity contribution in [3.63, 3.8) is 0 Å². The Balaban J connectivity index is 0.00000242. The first-order chi connectivity index (χ1) is 19.5. The third-order valence-corrected chi connectivity index (χ3v) is 15.1. The fourth-order valence-corrected chi connectivity index (χ4v) is 13.5. The van der Waals surface area contributed by atoms with E-state index in [0.717, 1.165) is 38.5 Å². The Morgan fingerprint density at radius 1 is 0.523 bits per heavy atom. The maximum Gasteiger partial charge on any atom is 4.00 e. The van der Waals surface area contributed by atoms with Crippen LogP contribution in [0.4, 0.5) is 0 Å². The van der Waals surface area contributed by atoms with Crippen LogP contribution in [0.1, 0.15) is 81.3 Å². The molecule has 1 fully saturated rings. The minimum absolute atomic E-state index is 0. The third kappa shape index (κ3) is 7.90. The number of benzene rings is 3. The third-order valence-electron chi connectivity index (χ3n) is 9.85. The van der Waals surface area contributed by atoms with Gasteiger partial charge in [0.1, 0.15) is 8.07 Å². The normalized spacial score (nSPS) is 18.4. The molecule has 0 radical (unpaired) electrons. The summed E-state index contributed by atoms with van der Waals surface area (Å²) in [7, 11) is -2.53. The molecule has 0 heterocycles. The first kappa shape index (κ1) is 41.0. The number of hydrogen-bond donors (Lipinski definition) is 0. The van der Waals surface area contributed by atoms with Crippen LogP contribution in [-0.2, 0) is 60.2 Å². The van der Waals surface area contributed by atoms with Gasteiger partial charge in [-0.1, -0.05) is 136 Å². The largest absolute Gasteiger partial charge is 4.00 e. The molecule has 0 spiro atoms. The summed E-state index contributed by atoms with van der Waals surface area (Å²) in [6, 6.07) is 23.2. The van der Waals surface area contributed by atoms with Crippen LogP contribution in [0.5, 0.6) is 0 Å². The zero-order chi connectivity index (χ0) is 28.3. The second-order valence-corrected chi connectivity index (χ2v) is 16.1. The number of fused-ring (bicyclic) bond motifs is 1. The molecule has 3 aromatic rings. The van der Waals surface area contributed by atoms with Crippen molar-refractivity contribution in [2.75, 3.05) is 0 Å². The summed E-state index contributed by atoms with van der Waals surface area (Å²) in [5.41, 5.74) is 9.46. The quantitative estimate of drug-likeness (QED) is 0.143. The molecule has 0 nitrogen and oxygen atoms in total. The minimum Gasteiger partial charge on any atom is -1.00 e. The second kappa shape index (κ2) is 18.3. The molecule has 0 amide bonds. The molecule has 234 valence electrons.